The molecule has 0 bridgehead atoms. The second-order valence-electron chi connectivity index (χ2n) is 5.63. The molecule has 0 heterocycles. The minimum Gasteiger partial charge on any atom is -0.353 e. The molecule has 1 fully saturated rings. The summed E-state index contributed by atoms with van der Waals surface area (Å²) in [6, 6.07) is 6.25. The summed E-state index contributed by atoms with van der Waals surface area (Å²) in [5.74, 6) is -0.432. The van der Waals surface area contributed by atoms with Crippen LogP contribution in [-0.4, -0.2) is 44.0 Å². The topological polar surface area (TPSA) is 66.5 Å². The Labute approximate surface area is 130 Å². The molecule has 7 heteroatoms. The highest BCUT2D eigenvalue weighted by Crippen LogP contribution is 2.18. The zero-order valence-electron chi connectivity index (χ0n) is 12.6. The zero-order valence-corrected chi connectivity index (χ0v) is 13.4. The lowest BCUT2D eigenvalue weighted by Crippen LogP contribution is -2.36. The highest BCUT2D eigenvalue weighted by molar-refractivity contribution is 7.88. The van der Waals surface area contributed by atoms with Gasteiger partial charge in [-0.05, 0) is 37.0 Å². The Morgan fingerprint density at radius 3 is 2.45 bits per heavy atom. The Balaban J connectivity index is 1.85. The van der Waals surface area contributed by atoms with Crippen LogP contribution in [-0.2, 0) is 21.2 Å². The number of hydrogen-bond donors (Lipinski definition) is 1. The number of rotatable bonds is 8. The summed E-state index contributed by atoms with van der Waals surface area (Å²) in [5, 5.41) is 2.84. The number of halogens is 1. The molecule has 5 nitrogen and oxygen atoms in total. The van der Waals surface area contributed by atoms with Gasteiger partial charge in [0.15, 0.2) is 0 Å². The fourth-order valence-corrected chi connectivity index (χ4v) is 2.95. The molecule has 1 aromatic rings. The van der Waals surface area contributed by atoms with Crippen LogP contribution in [0.3, 0.4) is 0 Å². The Morgan fingerprint density at radius 2 is 1.91 bits per heavy atom. The molecule has 22 heavy (non-hydrogen) atoms. The van der Waals surface area contributed by atoms with Crippen LogP contribution in [0.15, 0.2) is 24.3 Å². The van der Waals surface area contributed by atoms with E-state index in [1.165, 1.54) is 16.4 Å². The van der Waals surface area contributed by atoms with Gasteiger partial charge in [0.25, 0.3) is 0 Å². The van der Waals surface area contributed by atoms with E-state index in [1.54, 1.807) is 12.1 Å². The van der Waals surface area contributed by atoms with Gasteiger partial charge in [0.2, 0.25) is 15.9 Å². The summed E-state index contributed by atoms with van der Waals surface area (Å²) in [6.07, 6.45) is 3.79. The molecule has 0 atom stereocenters. The largest absolute Gasteiger partial charge is 0.353 e. The van der Waals surface area contributed by atoms with Crippen LogP contribution < -0.4 is 5.32 Å². The van der Waals surface area contributed by atoms with E-state index in [2.05, 4.69) is 5.32 Å². The monoisotopic (exact) mass is 328 g/mol. The maximum atomic E-state index is 12.8. The van der Waals surface area contributed by atoms with E-state index in [4.69, 9.17) is 0 Å². The predicted octanol–water partition coefficient (Wildman–Crippen LogP) is 1.30. The van der Waals surface area contributed by atoms with E-state index in [-0.39, 0.29) is 37.3 Å². The van der Waals surface area contributed by atoms with Gasteiger partial charge in [-0.3, -0.25) is 4.79 Å². The van der Waals surface area contributed by atoms with Gasteiger partial charge in [0.1, 0.15) is 5.82 Å². The number of nitrogens with zero attached hydrogens (tertiary/aromatic N) is 1. The third kappa shape index (κ3) is 5.73. The van der Waals surface area contributed by atoms with Crippen molar-refractivity contribution in [3.63, 3.8) is 0 Å². The van der Waals surface area contributed by atoms with Crippen molar-refractivity contribution in [3.8, 4) is 0 Å². The predicted molar refractivity (Wildman–Crippen MR) is 82.3 cm³/mol. The quantitative estimate of drug-likeness (QED) is 0.782. The smallest absolute Gasteiger partial charge is 0.221 e. The fraction of sp³-hybridized carbons (Fsp3) is 0.533. The third-order valence-corrected chi connectivity index (χ3v) is 4.87. The lowest BCUT2D eigenvalue weighted by Gasteiger charge is -2.19. The summed E-state index contributed by atoms with van der Waals surface area (Å²) < 4.78 is 37.7. The molecular formula is C15H21FN2O3S. The molecule has 1 aromatic carbocycles. The number of amides is 1. The first-order chi connectivity index (χ1) is 10.3. The zero-order chi connectivity index (χ0) is 16.2. The molecule has 0 saturated heterocycles. The van der Waals surface area contributed by atoms with Crippen molar-refractivity contribution in [2.24, 2.45) is 0 Å². The van der Waals surface area contributed by atoms with E-state index in [9.17, 15) is 17.6 Å². The van der Waals surface area contributed by atoms with E-state index >= 15 is 0 Å². The van der Waals surface area contributed by atoms with Crippen LogP contribution >= 0.6 is 0 Å². The van der Waals surface area contributed by atoms with Gasteiger partial charge in [0.05, 0.1) is 6.26 Å². The van der Waals surface area contributed by atoms with Crippen LogP contribution in [0.5, 0.6) is 0 Å². The summed E-state index contributed by atoms with van der Waals surface area (Å²) in [5.41, 5.74) is 0.859. The van der Waals surface area contributed by atoms with Gasteiger partial charge >= 0.3 is 0 Å². The van der Waals surface area contributed by atoms with Gasteiger partial charge in [0, 0.05) is 25.6 Å². The number of carbonyl (C=O) groups excluding carboxylic acids is 1. The molecule has 0 aliphatic heterocycles. The maximum Gasteiger partial charge on any atom is 0.221 e. The van der Waals surface area contributed by atoms with Crippen LogP contribution in [0.2, 0.25) is 0 Å². The first-order valence-corrected chi connectivity index (χ1v) is 9.18. The van der Waals surface area contributed by atoms with Gasteiger partial charge in [-0.25, -0.2) is 17.1 Å². The summed E-state index contributed by atoms with van der Waals surface area (Å²) >= 11 is 0. The number of benzene rings is 1. The highest BCUT2D eigenvalue weighted by atomic mass is 32.2. The van der Waals surface area contributed by atoms with E-state index in [0.29, 0.717) is 6.42 Å². The van der Waals surface area contributed by atoms with Crippen molar-refractivity contribution in [2.45, 2.75) is 31.7 Å². The summed E-state index contributed by atoms with van der Waals surface area (Å²) in [4.78, 5) is 11.7. The standard InChI is InChI=1S/C15H21FN2O3S/c1-22(20,21)18(11-9-15(19)17-14-6-7-14)10-8-12-2-4-13(16)5-3-12/h2-5,14H,6-11H2,1H3,(H,17,19). The molecule has 1 aliphatic rings. The van der Waals surface area contributed by atoms with Gasteiger partial charge in [-0.15, -0.1) is 0 Å². The molecule has 1 amide bonds. The number of hydrogen-bond acceptors (Lipinski definition) is 3. The lowest BCUT2D eigenvalue weighted by molar-refractivity contribution is -0.121. The minimum atomic E-state index is -3.37. The Hall–Kier alpha value is -1.47. The maximum absolute atomic E-state index is 12.8. The second-order valence-corrected chi connectivity index (χ2v) is 7.61. The SMILES string of the molecule is CS(=O)(=O)N(CCC(=O)NC1CC1)CCc1ccc(F)cc1. The van der Waals surface area contributed by atoms with Crippen molar-refractivity contribution < 1.29 is 17.6 Å². The average molecular weight is 328 g/mol. The van der Waals surface area contributed by atoms with Crippen LogP contribution in [0.4, 0.5) is 4.39 Å². The van der Waals surface area contributed by atoms with E-state index < -0.39 is 10.0 Å². The Bertz CT molecular complexity index is 612. The average Bonchev–Trinajstić information content (AvgIpc) is 3.23. The fourth-order valence-electron chi connectivity index (χ4n) is 2.10. The van der Waals surface area contributed by atoms with Crippen molar-refractivity contribution in [2.75, 3.05) is 19.3 Å². The molecule has 2 rings (SSSR count). The highest BCUT2D eigenvalue weighted by Gasteiger charge is 2.24. The molecule has 1 aliphatic carbocycles. The first-order valence-electron chi connectivity index (χ1n) is 7.33. The van der Waals surface area contributed by atoms with Crippen LogP contribution in [0.25, 0.3) is 0 Å². The van der Waals surface area contributed by atoms with Crippen molar-refractivity contribution in [3.05, 3.63) is 35.6 Å². The van der Waals surface area contributed by atoms with Crippen LogP contribution in [0.1, 0.15) is 24.8 Å². The Kier molecular flexibility index (Phi) is 5.52. The molecule has 1 N–H and O–H groups in total. The third-order valence-electron chi connectivity index (χ3n) is 3.56. The molecule has 0 spiro atoms. The van der Waals surface area contributed by atoms with Crippen LogP contribution in [0, 0.1) is 5.82 Å². The molecule has 122 valence electrons. The molecular weight excluding hydrogens is 307 g/mol. The van der Waals surface area contributed by atoms with E-state index in [1.807, 2.05) is 0 Å². The summed E-state index contributed by atoms with van der Waals surface area (Å²) in [7, 11) is -3.37. The summed E-state index contributed by atoms with van der Waals surface area (Å²) in [6.45, 7) is 0.444. The second kappa shape index (κ2) is 7.19. The first kappa shape index (κ1) is 16.9. The van der Waals surface area contributed by atoms with E-state index in [0.717, 1.165) is 24.7 Å². The Morgan fingerprint density at radius 1 is 1.27 bits per heavy atom. The molecule has 0 aromatic heterocycles. The van der Waals surface area contributed by atoms with Crippen molar-refractivity contribution in [1.82, 2.24) is 9.62 Å². The van der Waals surface area contributed by atoms with Gasteiger partial charge < -0.3 is 5.32 Å². The number of sulfonamides is 1. The van der Waals surface area contributed by atoms with Crippen molar-refractivity contribution >= 4 is 15.9 Å². The number of nitrogens with one attached hydrogen (secondary N) is 1. The number of carbonyl (C=O) groups is 1. The lowest BCUT2D eigenvalue weighted by atomic mass is 10.1. The molecule has 1 saturated carbocycles. The normalized spacial score (nSPS) is 15.0. The van der Waals surface area contributed by atoms with Gasteiger partial charge in [-0.2, -0.15) is 0 Å². The minimum absolute atomic E-state index is 0.113. The molecule has 0 radical (unpaired) electrons. The van der Waals surface area contributed by atoms with Gasteiger partial charge in [-0.1, -0.05) is 12.1 Å². The van der Waals surface area contributed by atoms with Crippen molar-refractivity contribution in [1.29, 1.82) is 0 Å². The molecule has 0 unspecified atom stereocenters.